The Morgan fingerprint density at radius 3 is 2.74 bits per heavy atom. The average molecular weight is 315 g/mol. The van der Waals surface area contributed by atoms with Crippen LogP contribution in [0, 0.1) is 11.6 Å². The lowest BCUT2D eigenvalue weighted by Crippen LogP contribution is -2.25. The lowest BCUT2D eigenvalue weighted by Gasteiger charge is -2.19. The Hall–Kier alpha value is -2.76. The highest BCUT2D eigenvalue weighted by molar-refractivity contribution is 5.89. The Bertz CT molecular complexity index is 826. The van der Waals surface area contributed by atoms with Crippen molar-refractivity contribution in [3.8, 4) is 5.75 Å². The molecule has 0 aliphatic rings. The van der Waals surface area contributed by atoms with Crippen molar-refractivity contribution < 1.29 is 13.5 Å². The maximum Gasteiger partial charge on any atom is 0.165 e. The topological polar surface area (TPSA) is 38.2 Å². The van der Waals surface area contributed by atoms with Crippen LogP contribution < -0.4 is 9.64 Å². The summed E-state index contributed by atoms with van der Waals surface area (Å²) < 4.78 is 32.4. The zero-order valence-corrected chi connectivity index (χ0v) is 12.5. The van der Waals surface area contributed by atoms with Gasteiger partial charge < -0.3 is 9.64 Å². The van der Waals surface area contributed by atoms with Crippen molar-refractivity contribution in [3.63, 3.8) is 0 Å². The first-order valence-electron chi connectivity index (χ1n) is 7.14. The first-order valence-corrected chi connectivity index (χ1v) is 7.14. The van der Waals surface area contributed by atoms with E-state index >= 15 is 0 Å². The molecule has 0 amide bonds. The normalized spacial score (nSPS) is 10.7. The largest absolute Gasteiger partial charge is 0.489 e. The number of hydrogen-bond acceptors (Lipinski definition) is 4. The van der Waals surface area contributed by atoms with Crippen LogP contribution in [0.25, 0.3) is 10.9 Å². The summed E-state index contributed by atoms with van der Waals surface area (Å²) in [4.78, 5) is 10.2. The molecule has 0 atom stereocenters. The minimum Gasteiger partial charge on any atom is -0.489 e. The highest BCUT2D eigenvalue weighted by Gasteiger charge is 2.10. The van der Waals surface area contributed by atoms with E-state index in [1.807, 2.05) is 11.9 Å². The van der Waals surface area contributed by atoms with E-state index in [9.17, 15) is 8.78 Å². The minimum atomic E-state index is -0.398. The predicted octanol–water partition coefficient (Wildman–Crippen LogP) is 3.42. The fourth-order valence-electron chi connectivity index (χ4n) is 2.28. The Labute approximate surface area is 132 Å². The number of nitrogens with zero attached hydrogens (tertiary/aromatic N) is 3. The fraction of sp³-hybridized carbons (Fsp3) is 0.176. The van der Waals surface area contributed by atoms with Crippen molar-refractivity contribution in [1.82, 2.24) is 9.97 Å². The summed E-state index contributed by atoms with van der Waals surface area (Å²) in [5.74, 6) is 0.0698. The lowest BCUT2D eigenvalue weighted by atomic mass is 10.2. The second-order valence-corrected chi connectivity index (χ2v) is 5.06. The first kappa shape index (κ1) is 15.1. The predicted molar refractivity (Wildman–Crippen MR) is 84.7 cm³/mol. The van der Waals surface area contributed by atoms with Gasteiger partial charge in [-0.3, -0.25) is 0 Å². The number of hydrogen-bond donors (Lipinski definition) is 0. The molecule has 0 aliphatic heterocycles. The molecule has 1 heterocycles. The second-order valence-electron chi connectivity index (χ2n) is 5.06. The number of halogens is 2. The number of benzene rings is 2. The van der Waals surface area contributed by atoms with E-state index in [2.05, 4.69) is 9.97 Å². The van der Waals surface area contributed by atoms with Crippen LogP contribution in [0.4, 0.5) is 14.6 Å². The van der Waals surface area contributed by atoms with Crippen LogP contribution in [-0.2, 0) is 0 Å². The van der Waals surface area contributed by atoms with Gasteiger partial charge in [0.1, 0.15) is 24.6 Å². The van der Waals surface area contributed by atoms with E-state index in [1.54, 1.807) is 24.3 Å². The molecule has 0 fully saturated rings. The standard InChI is InChI=1S/C17H15F2N3O/c1-22(8-9-23-16-5-3-2-4-14(16)19)17-13-10-12(18)6-7-15(13)20-11-21-17/h2-7,10-11H,8-9H2,1H3. The molecule has 0 N–H and O–H groups in total. The first-order chi connectivity index (χ1) is 11.1. The molecule has 118 valence electrons. The smallest absolute Gasteiger partial charge is 0.165 e. The van der Waals surface area contributed by atoms with Crippen molar-refractivity contribution in [1.29, 1.82) is 0 Å². The Morgan fingerprint density at radius 1 is 1.09 bits per heavy atom. The Balaban J connectivity index is 1.72. The van der Waals surface area contributed by atoms with Gasteiger partial charge in [0.15, 0.2) is 11.6 Å². The third kappa shape index (κ3) is 3.36. The molecule has 4 nitrogen and oxygen atoms in total. The Kier molecular flexibility index (Phi) is 4.32. The fourth-order valence-corrected chi connectivity index (χ4v) is 2.28. The van der Waals surface area contributed by atoms with Crippen molar-refractivity contribution in [2.75, 3.05) is 25.1 Å². The van der Waals surface area contributed by atoms with Gasteiger partial charge in [0.25, 0.3) is 0 Å². The maximum atomic E-state index is 13.5. The van der Waals surface area contributed by atoms with E-state index in [0.717, 1.165) is 0 Å². The third-order valence-corrected chi connectivity index (χ3v) is 3.46. The molecule has 2 aromatic carbocycles. The molecular weight excluding hydrogens is 300 g/mol. The van der Waals surface area contributed by atoms with E-state index in [0.29, 0.717) is 23.3 Å². The number of likely N-dealkylation sites (N-methyl/N-ethyl adjacent to an activating group) is 1. The number of para-hydroxylation sites is 1. The number of aromatic nitrogens is 2. The van der Waals surface area contributed by atoms with E-state index in [4.69, 9.17) is 4.74 Å². The number of ether oxygens (including phenoxy) is 1. The molecule has 23 heavy (non-hydrogen) atoms. The molecule has 1 aromatic heterocycles. The van der Waals surface area contributed by atoms with Crippen LogP contribution in [0.1, 0.15) is 0 Å². The molecule has 0 unspecified atom stereocenters. The van der Waals surface area contributed by atoms with Gasteiger partial charge in [0.05, 0.1) is 12.1 Å². The van der Waals surface area contributed by atoms with Crippen LogP contribution in [0.3, 0.4) is 0 Å². The zero-order valence-electron chi connectivity index (χ0n) is 12.5. The zero-order chi connectivity index (χ0) is 16.2. The molecule has 0 spiro atoms. The van der Waals surface area contributed by atoms with E-state index in [-0.39, 0.29) is 18.2 Å². The van der Waals surface area contributed by atoms with E-state index in [1.165, 1.54) is 24.5 Å². The summed E-state index contributed by atoms with van der Waals surface area (Å²) in [6.07, 6.45) is 1.43. The van der Waals surface area contributed by atoms with Gasteiger partial charge in [-0.1, -0.05) is 12.1 Å². The summed E-state index contributed by atoms with van der Waals surface area (Å²) in [6, 6.07) is 10.6. The molecule has 6 heteroatoms. The molecule has 0 saturated carbocycles. The number of fused-ring (bicyclic) bond motifs is 1. The van der Waals surface area contributed by atoms with Crippen LogP contribution in [0.15, 0.2) is 48.8 Å². The summed E-state index contributed by atoms with van der Waals surface area (Å²) in [7, 11) is 1.82. The van der Waals surface area contributed by atoms with Gasteiger partial charge in [0, 0.05) is 12.4 Å². The van der Waals surface area contributed by atoms with Crippen molar-refractivity contribution in [3.05, 3.63) is 60.4 Å². The van der Waals surface area contributed by atoms with Gasteiger partial charge in [-0.2, -0.15) is 0 Å². The van der Waals surface area contributed by atoms with Crippen molar-refractivity contribution >= 4 is 16.7 Å². The van der Waals surface area contributed by atoms with Crippen LogP contribution in [0.2, 0.25) is 0 Å². The summed E-state index contributed by atoms with van der Waals surface area (Å²) in [5, 5.41) is 0.626. The Morgan fingerprint density at radius 2 is 1.91 bits per heavy atom. The third-order valence-electron chi connectivity index (χ3n) is 3.46. The second kappa shape index (κ2) is 6.56. The minimum absolute atomic E-state index is 0.208. The van der Waals surface area contributed by atoms with Crippen molar-refractivity contribution in [2.24, 2.45) is 0 Å². The summed E-state index contributed by atoms with van der Waals surface area (Å²) in [6.45, 7) is 0.745. The highest BCUT2D eigenvalue weighted by atomic mass is 19.1. The molecule has 3 aromatic rings. The maximum absolute atomic E-state index is 13.5. The van der Waals surface area contributed by atoms with Gasteiger partial charge >= 0.3 is 0 Å². The van der Waals surface area contributed by atoms with Gasteiger partial charge in [-0.15, -0.1) is 0 Å². The van der Waals surface area contributed by atoms with Gasteiger partial charge in [-0.25, -0.2) is 18.7 Å². The van der Waals surface area contributed by atoms with Gasteiger partial charge in [-0.05, 0) is 30.3 Å². The van der Waals surface area contributed by atoms with E-state index < -0.39 is 5.82 Å². The summed E-state index contributed by atoms with van der Waals surface area (Å²) >= 11 is 0. The highest BCUT2D eigenvalue weighted by Crippen LogP contribution is 2.23. The molecule has 0 saturated heterocycles. The van der Waals surface area contributed by atoms with Crippen molar-refractivity contribution in [2.45, 2.75) is 0 Å². The molecule has 0 bridgehead atoms. The van der Waals surface area contributed by atoms with Gasteiger partial charge in [0.2, 0.25) is 0 Å². The SMILES string of the molecule is CN(CCOc1ccccc1F)c1ncnc2ccc(F)cc12. The average Bonchev–Trinajstić information content (AvgIpc) is 2.56. The lowest BCUT2D eigenvalue weighted by molar-refractivity contribution is 0.309. The molecule has 3 rings (SSSR count). The summed E-state index contributed by atoms with van der Waals surface area (Å²) in [5.41, 5.74) is 0.665. The molecule has 0 radical (unpaired) electrons. The monoisotopic (exact) mass is 315 g/mol. The quantitative estimate of drug-likeness (QED) is 0.723. The molecular formula is C17H15F2N3O. The van der Waals surface area contributed by atoms with Crippen LogP contribution in [-0.4, -0.2) is 30.2 Å². The number of rotatable bonds is 5. The molecule has 0 aliphatic carbocycles. The van der Waals surface area contributed by atoms with Crippen LogP contribution >= 0.6 is 0 Å². The van der Waals surface area contributed by atoms with Crippen LogP contribution in [0.5, 0.6) is 5.75 Å². The number of anilines is 1.